The van der Waals surface area contributed by atoms with Gasteiger partial charge in [0.1, 0.15) is 11.5 Å². The molecule has 0 aliphatic heterocycles. The predicted octanol–water partition coefficient (Wildman–Crippen LogP) is 3.69. The van der Waals surface area contributed by atoms with Crippen LogP contribution in [0.15, 0.2) is 30.3 Å². The normalized spacial score (nSPS) is 10.5. The number of benzene rings is 2. The van der Waals surface area contributed by atoms with Crippen molar-refractivity contribution in [3.63, 3.8) is 0 Å². The van der Waals surface area contributed by atoms with Crippen LogP contribution in [0.4, 0.5) is 0 Å². The third kappa shape index (κ3) is 1.98. The zero-order valence-corrected chi connectivity index (χ0v) is 10.3. The first kappa shape index (κ1) is 11.5. The van der Waals surface area contributed by atoms with Gasteiger partial charge in [0.2, 0.25) is 0 Å². The lowest BCUT2D eigenvalue weighted by molar-refractivity contribution is 0.470. The third-order valence-corrected chi connectivity index (χ3v) is 3.14. The number of phenolic OH excluding ortho intramolecular Hbond substituents is 2. The lowest BCUT2D eigenvalue weighted by atomic mass is 9.94. The van der Waals surface area contributed by atoms with E-state index in [0.717, 1.165) is 27.8 Å². The zero-order chi connectivity index (χ0) is 12.6. The summed E-state index contributed by atoms with van der Waals surface area (Å²) >= 11 is 0. The van der Waals surface area contributed by atoms with Crippen LogP contribution in [-0.4, -0.2) is 10.2 Å². The summed E-state index contributed by atoms with van der Waals surface area (Å²) in [5.74, 6) is 0.565. The van der Waals surface area contributed by atoms with Crippen LogP contribution in [0, 0.1) is 20.8 Å². The maximum Gasteiger partial charge on any atom is 0.119 e. The molecule has 88 valence electrons. The van der Waals surface area contributed by atoms with Gasteiger partial charge in [-0.3, -0.25) is 0 Å². The molecule has 17 heavy (non-hydrogen) atoms. The zero-order valence-electron chi connectivity index (χ0n) is 10.3. The van der Waals surface area contributed by atoms with Crippen molar-refractivity contribution >= 4 is 0 Å². The minimum Gasteiger partial charge on any atom is -0.508 e. The Balaban J connectivity index is 2.69. The first-order chi connectivity index (χ1) is 8.00. The molecule has 0 unspecified atom stereocenters. The van der Waals surface area contributed by atoms with Gasteiger partial charge in [-0.25, -0.2) is 0 Å². The fourth-order valence-electron chi connectivity index (χ4n) is 2.05. The van der Waals surface area contributed by atoms with Crippen LogP contribution in [0.2, 0.25) is 0 Å². The number of aromatic hydroxyl groups is 2. The molecule has 0 bridgehead atoms. The van der Waals surface area contributed by atoms with Crippen LogP contribution in [0.5, 0.6) is 11.5 Å². The van der Waals surface area contributed by atoms with Crippen molar-refractivity contribution in [2.75, 3.05) is 0 Å². The van der Waals surface area contributed by atoms with E-state index < -0.39 is 0 Å². The molecule has 2 aromatic rings. The summed E-state index contributed by atoms with van der Waals surface area (Å²) in [5.41, 5.74) is 4.70. The second-order valence-corrected chi connectivity index (χ2v) is 4.40. The van der Waals surface area contributed by atoms with E-state index in [9.17, 15) is 10.2 Å². The minimum atomic E-state index is 0.280. The van der Waals surface area contributed by atoms with Gasteiger partial charge < -0.3 is 10.2 Å². The van der Waals surface area contributed by atoms with Gasteiger partial charge in [-0.2, -0.15) is 0 Å². The Morgan fingerprint density at radius 3 is 2.18 bits per heavy atom. The van der Waals surface area contributed by atoms with Crippen molar-refractivity contribution in [2.24, 2.45) is 0 Å². The highest BCUT2D eigenvalue weighted by Crippen LogP contribution is 2.34. The largest absolute Gasteiger partial charge is 0.508 e. The van der Waals surface area contributed by atoms with Gasteiger partial charge in [-0.05, 0) is 60.7 Å². The molecule has 0 aromatic heterocycles. The Hall–Kier alpha value is -1.96. The van der Waals surface area contributed by atoms with E-state index in [1.165, 1.54) is 0 Å². The summed E-state index contributed by atoms with van der Waals surface area (Å²) in [6, 6.07) is 9.14. The first-order valence-electron chi connectivity index (χ1n) is 5.60. The molecule has 0 aliphatic rings. The number of hydrogen-bond acceptors (Lipinski definition) is 2. The minimum absolute atomic E-state index is 0.280. The molecular weight excluding hydrogens is 212 g/mol. The number of hydrogen-bond donors (Lipinski definition) is 2. The molecule has 2 aromatic carbocycles. The Labute approximate surface area is 101 Å². The Kier molecular flexibility index (Phi) is 2.80. The van der Waals surface area contributed by atoms with Crippen LogP contribution in [-0.2, 0) is 0 Å². The molecule has 0 heterocycles. The molecule has 2 nitrogen and oxygen atoms in total. The van der Waals surface area contributed by atoms with Gasteiger partial charge in [-0.1, -0.05) is 18.2 Å². The first-order valence-corrected chi connectivity index (χ1v) is 5.60. The summed E-state index contributed by atoms with van der Waals surface area (Å²) in [5, 5.41) is 19.5. The fourth-order valence-corrected chi connectivity index (χ4v) is 2.05. The average molecular weight is 228 g/mol. The summed E-state index contributed by atoms with van der Waals surface area (Å²) in [6.45, 7) is 5.76. The molecule has 0 radical (unpaired) electrons. The van der Waals surface area contributed by atoms with Crippen LogP contribution in [0.25, 0.3) is 11.1 Å². The molecule has 0 amide bonds. The fraction of sp³-hybridized carbons (Fsp3) is 0.200. The smallest absolute Gasteiger partial charge is 0.119 e. The van der Waals surface area contributed by atoms with Gasteiger partial charge in [0.05, 0.1) is 0 Å². The molecule has 0 aliphatic carbocycles. The Morgan fingerprint density at radius 1 is 0.765 bits per heavy atom. The SMILES string of the molecule is Cc1cc(C)c(-c2cccc(O)c2C)cc1O. The highest BCUT2D eigenvalue weighted by Gasteiger charge is 2.10. The third-order valence-electron chi connectivity index (χ3n) is 3.14. The van der Waals surface area contributed by atoms with Crippen molar-refractivity contribution in [2.45, 2.75) is 20.8 Å². The van der Waals surface area contributed by atoms with Crippen molar-refractivity contribution in [3.05, 3.63) is 47.0 Å². The van der Waals surface area contributed by atoms with Crippen LogP contribution in [0.3, 0.4) is 0 Å². The van der Waals surface area contributed by atoms with E-state index in [1.807, 2.05) is 39.0 Å². The maximum absolute atomic E-state index is 9.78. The Morgan fingerprint density at radius 2 is 1.47 bits per heavy atom. The number of rotatable bonds is 1. The van der Waals surface area contributed by atoms with E-state index in [4.69, 9.17) is 0 Å². The number of phenols is 2. The van der Waals surface area contributed by atoms with Crippen molar-refractivity contribution in [1.82, 2.24) is 0 Å². The molecule has 0 fully saturated rings. The van der Waals surface area contributed by atoms with Crippen LogP contribution >= 0.6 is 0 Å². The maximum atomic E-state index is 9.78. The summed E-state index contributed by atoms with van der Waals surface area (Å²) < 4.78 is 0. The van der Waals surface area contributed by atoms with Gasteiger partial charge in [0, 0.05) is 0 Å². The summed E-state index contributed by atoms with van der Waals surface area (Å²) in [4.78, 5) is 0. The number of aryl methyl sites for hydroxylation is 2. The van der Waals surface area contributed by atoms with E-state index in [-0.39, 0.29) is 11.5 Å². The predicted molar refractivity (Wildman–Crippen MR) is 69.4 cm³/mol. The topological polar surface area (TPSA) is 40.5 Å². The highest BCUT2D eigenvalue weighted by molar-refractivity contribution is 5.74. The molecule has 0 saturated heterocycles. The van der Waals surface area contributed by atoms with Gasteiger partial charge in [0.25, 0.3) is 0 Å². The van der Waals surface area contributed by atoms with Crippen molar-refractivity contribution in [3.8, 4) is 22.6 Å². The van der Waals surface area contributed by atoms with Gasteiger partial charge in [-0.15, -0.1) is 0 Å². The van der Waals surface area contributed by atoms with Gasteiger partial charge >= 0.3 is 0 Å². The molecule has 0 saturated carbocycles. The summed E-state index contributed by atoms with van der Waals surface area (Å²) in [7, 11) is 0. The molecule has 0 spiro atoms. The van der Waals surface area contributed by atoms with Crippen LogP contribution in [0.1, 0.15) is 16.7 Å². The second-order valence-electron chi connectivity index (χ2n) is 4.40. The quantitative estimate of drug-likeness (QED) is 0.781. The van der Waals surface area contributed by atoms with Crippen LogP contribution < -0.4 is 0 Å². The molecule has 2 rings (SSSR count). The van der Waals surface area contributed by atoms with E-state index in [0.29, 0.717) is 0 Å². The summed E-state index contributed by atoms with van der Waals surface area (Å²) in [6.07, 6.45) is 0. The van der Waals surface area contributed by atoms with Crippen molar-refractivity contribution in [1.29, 1.82) is 0 Å². The molecule has 2 N–H and O–H groups in total. The Bertz CT molecular complexity index is 571. The average Bonchev–Trinajstić information content (AvgIpc) is 2.28. The lowest BCUT2D eigenvalue weighted by Crippen LogP contribution is -1.89. The van der Waals surface area contributed by atoms with Crippen molar-refractivity contribution < 1.29 is 10.2 Å². The van der Waals surface area contributed by atoms with E-state index >= 15 is 0 Å². The second kappa shape index (κ2) is 4.13. The molecule has 0 atom stereocenters. The lowest BCUT2D eigenvalue weighted by Gasteiger charge is -2.12. The highest BCUT2D eigenvalue weighted by atomic mass is 16.3. The standard InChI is InChI=1S/C15H16O2/c1-9-7-10(2)15(17)8-13(9)12-5-4-6-14(16)11(12)3/h4-8,16-17H,1-3H3. The monoisotopic (exact) mass is 228 g/mol. The van der Waals surface area contributed by atoms with E-state index in [2.05, 4.69) is 0 Å². The molecule has 2 heteroatoms. The molecular formula is C15H16O2. The van der Waals surface area contributed by atoms with Gasteiger partial charge in [0.15, 0.2) is 0 Å². The van der Waals surface area contributed by atoms with E-state index in [1.54, 1.807) is 12.1 Å².